The number of carboxylic acid groups (broad SMARTS) is 1. The van der Waals surface area contributed by atoms with E-state index < -0.39 is 12.1 Å². The molecule has 0 radical (unpaired) electrons. The van der Waals surface area contributed by atoms with Gasteiger partial charge in [-0.15, -0.1) is 11.3 Å². The summed E-state index contributed by atoms with van der Waals surface area (Å²) in [7, 11) is 0. The van der Waals surface area contributed by atoms with E-state index in [2.05, 4.69) is 28.2 Å². The first kappa shape index (κ1) is 22.4. The summed E-state index contributed by atoms with van der Waals surface area (Å²) in [5, 5.41) is 24.1. The number of aryl methyl sites for hydroxylation is 1. The Balaban J connectivity index is 1.43. The third kappa shape index (κ3) is 4.69. The van der Waals surface area contributed by atoms with Gasteiger partial charge in [0.2, 0.25) is 0 Å². The highest BCUT2D eigenvalue weighted by molar-refractivity contribution is 7.21. The van der Waals surface area contributed by atoms with Crippen LogP contribution in [0.3, 0.4) is 0 Å². The molecule has 3 aromatic heterocycles. The summed E-state index contributed by atoms with van der Waals surface area (Å²) in [5.74, 6) is -0.121. The fourth-order valence-corrected chi connectivity index (χ4v) is 5.24. The number of aromatic carboxylic acids is 1. The predicted octanol–water partition coefficient (Wildman–Crippen LogP) is 3.22. The summed E-state index contributed by atoms with van der Waals surface area (Å²) in [5.41, 5.74) is 8.42. The first-order chi connectivity index (χ1) is 15.5. The molecule has 0 spiro atoms. The molecule has 170 valence electrons. The second-order valence-electron chi connectivity index (χ2n) is 8.19. The fraction of sp³-hybridized carbons (Fsp3) is 0.435. The van der Waals surface area contributed by atoms with E-state index in [4.69, 9.17) is 10.7 Å². The first-order valence-corrected chi connectivity index (χ1v) is 11.8. The van der Waals surface area contributed by atoms with E-state index in [0.717, 1.165) is 72.4 Å². The number of pyridine rings is 2. The summed E-state index contributed by atoms with van der Waals surface area (Å²) >= 11 is 1.15. The number of nitrogens with one attached hydrogen (secondary N) is 1. The Bertz CT molecular complexity index is 1080. The van der Waals surface area contributed by atoms with Crippen LogP contribution in [0.15, 0.2) is 30.6 Å². The van der Waals surface area contributed by atoms with E-state index in [-0.39, 0.29) is 4.88 Å². The number of aliphatic hydroxyl groups excluding tert-OH is 1. The lowest BCUT2D eigenvalue weighted by Crippen LogP contribution is -2.44. The topological polar surface area (TPSA) is 125 Å². The SMILES string of the molecule is CCCc1cc(N2CCC(NCC(O)c3ccncc3)CC2)nc2sc(C(=O)O)c(N)c12. The Morgan fingerprint density at radius 3 is 2.72 bits per heavy atom. The molecule has 0 aromatic carbocycles. The highest BCUT2D eigenvalue weighted by Crippen LogP contribution is 2.37. The van der Waals surface area contributed by atoms with Gasteiger partial charge in [-0.1, -0.05) is 13.3 Å². The molecule has 1 aliphatic rings. The second kappa shape index (κ2) is 9.81. The van der Waals surface area contributed by atoms with Crippen LogP contribution in [0.5, 0.6) is 0 Å². The average Bonchev–Trinajstić information content (AvgIpc) is 3.15. The van der Waals surface area contributed by atoms with E-state index in [1.165, 1.54) is 0 Å². The number of fused-ring (bicyclic) bond motifs is 1. The number of nitrogen functional groups attached to an aromatic ring is 1. The zero-order valence-corrected chi connectivity index (χ0v) is 18.9. The van der Waals surface area contributed by atoms with Crippen molar-refractivity contribution < 1.29 is 15.0 Å². The molecule has 5 N–H and O–H groups in total. The number of hydrogen-bond donors (Lipinski definition) is 4. The zero-order chi connectivity index (χ0) is 22.7. The lowest BCUT2D eigenvalue weighted by molar-refractivity contribution is 0.0703. The van der Waals surface area contributed by atoms with E-state index in [9.17, 15) is 15.0 Å². The molecule has 1 unspecified atom stereocenters. The van der Waals surface area contributed by atoms with Crippen molar-refractivity contribution in [1.82, 2.24) is 15.3 Å². The molecule has 4 heterocycles. The van der Waals surface area contributed by atoms with Crippen molar-refractivity contribution in [3.63, 3.8) is 0 Å². The lowest BCUT2D eigenvalue weighted by Gasteiger charge is -2.34. The van der Waals surface area contributed by atoms with Gasteiger partial charge in [0.1, 0.15) is 15.5 Å². The van der Waals surface area contributed by atoms with Gasteiger partial charge in [0.15, 0.2) is 0 Å². The molecule has 1 saturated heterocycles. The summed E-state index contributed by atoms with van der Waals surface area (Å²) in [4.78, 5) is 23.4. The number of aliphatic hydroxyl groups is 1. The highest BCUT2D eigenvalue weighted by Gasteiger charge is 2.24. The quantitative estimate of drug-likeness (QED) is 0.408. The molecular formula is C23H29N5O3S. The van der Waals surface area contributed by atoms with Gasteiger partial charge in [-0.05, 0) is 48.6 Å². The fourth-order valence-electron chi connectivity index (χ4n) is 4.27. The maximum Gasteiger partial charge on any atom is 0.348 e. The number of piperidine rings is 1. The van der Waals surface area contributed by atoms with Crippen LogP contribution in [0.25, 0.3) is 10.2 Å². The van der Waals surface area contributed by atoms with E-state index in [1.54, 1.807) is 12.4 Å². The Morgan fingerprint density at radius 2 is 2.06 bits per heavy atom. The summed E-state index contributed by atoms with van der Waals surface area (Å²) in [6, 6.07) is 6.06. The summed E-state index contributed by atoms with van der Waals surface area (Å²) in [6.45, 7) is 4.30. The Hall–Kier alpha value is -2.75. The van der Waals surface area contributed by atoms with Crippen LogP contribution >= 0.6 is 11.3 Å². The molecule has 1 atom stereocenters. The largest absolute Gasteiger partial charge is 0.477 e. The average molecular weight is 456 g/mol. The van der Waals surface area contributed by atoms with Crippen LogP contribution in [0.1, 0.15) is 53.1 Å². The molecule has 3 aromatic rings. The standard InChI is InChI=1S/C23H29N5O3S/c1-2-3-15-12-18(27-22-19(15)20(24)21(32-22)23(30)31)28-10-6-16(7-11-28)26-13-17(29)14-4-8-25-9-5-14/h4-5,8-9,12,16-17,26,29H,2-3,6-7,10-11,13,24H2,1H3,(H,30,31). The van der Waals surface area contributed by atoms with Crippen LogP contribution in [0.4, 0.5) is 11.5 Å². The van der Waals surface area contributed by atoms with Gasteiger partial charge in [-0.25, -0.2) is 9.78 Å². The van der Waals surface area contributed by atoms with Crippen LogP contribution < -0.4 is 16.0 Å². The Kier molecular flexibility index (Phi) is 6.88. The van der Waals surface area contributed by atoms with Crippen molar-refractivity contribution >= 4 is 39.0 Å². The van der Waals surface area contributed by atoms with Gasteiger partial charge in [0.05, 0.1) is 11.8 Å². The maximum atomic E-state index is 11.5. The van der Waals surface area contributed by atoms with Crippen molar-refractivity contribution in [3.8, 4) is 0 Å². The lowest BCUT2D eigenvalue weighted by atomic mass is 10.0. The molecule has 1 fully saturated rings. The Morgan fingerprint density at radius 1 is 1.34 bits per heavy atom. The third-order valence-electron chi connectivity index (χ3n) is 5.99. The number of thiophene rings is 1. The normalized spacial score (nSPS) is 15.9. The molecule has 0 aliphatic carbocycles. The van der Waals surface area contributed by atoms with Gasteiger partial charge >= 0.3 is 5.97 Å². The van der Waals surface area contributed by atoms with Gasteiger partial charge in [-0.2, -0.15) is 0 Å². The highest BCUT2D eigenvalue weighted by atomic mass is 32.1. The Labute approximate surface area is 191 Å². The number of nitrogens with two attached hydrogens (primary N) is 1. The number of nitrogens with zero attached hydrogens (tertiary/aromatic N) is 3. The number of aromatic nitrogens is 2. The minimum absolute atomic E-state index is 0.165. The van der Waals surface area contributed by atoms with Crippen LogP contribution in [0, 0.1) is 0 Å². The van der Waals surface area contributed by atoms with Gasteiger partial charge in [0.25, 0.3) is 0 Å². The van der Waals surface area contributed by atoms with E-state index >= 15 is 0 Å². The number of hydrogen-bond acceptors (Lipinski definition) is 8. The van der Waals surface area contributed by atoms with Gasteiger partial charge in [-0.3, -0.25) is 4.98 Å². The van der Waals surface area contributed by atoms with E-state index in [1.807, 2.05) is 12.1 Å². The molecule has 1 aliphatic heterocycles. The van der Waals surface area contributed by atoms with Crippen molar-refractivity contribution in [2.45, 2.75) is 44.8 Å². The predicted molar refractivity (Wildman–Crippen MR) is 127 cm³/mol. The minimum atomic E-state index is -1.00. The number of rotatable bonds is 8. The smallest absolute Gasteiger partial charge is 0.348 e. The minimum Gasteiger partial charge on any atom is -0.477 e. The van der Waals surface area contributed by atoms with Gasteiger partial charge < -0.3 is 26.2 Å². The monoisotopic (exact) mass is 455 g/mol. The van der Waals surface area contributed by atoms with Crippen LogP contribution in [-0.4, -0.2) is 51.8 Å². The number of carbonyl (C=O) groups is 1. The van der Waals surface area contributed by atoms with Crippen molar-refractivity contribution in [2.24, 2.45) is 0 Å². The number of carboxylic acids is 1. The first-order valence-electron chi connectivity index (χ1n) is 11.0. The molecule has 9 heteroatoms. The van der Waals surface area contributed by atoms with Crippen molar-refractivity contribution in [2.75, 3.05) is 30.3 Å². The van der Waals surface area contributed by atoms with Crippen molar-refractivity contribution in [3.05, 3.63) is 46.6 Å². The molecule has 4 rings (SSSR count). The molecule has 32 heavy (non-hydrogen) atoms. The molecular weight excluding hydrogens is 426 g/mol. The molecule has 0 amide bonds. The number of anilines is 2. The second-order valence-corrected chi connectivity index (χ2v) is 9.18. The van der Waals surface area contributed by atoms with E-state index in [0.29, 0.717) is 23.1 Å². The molecule has 0 bridgehead atoms. The summed E-state index contributed by atoms with van der Waals surface area (Å²) < 4.78 is 0. The van der Waals surface area contributed by atoms with Crippen LogP contribution in [-0.2, 0) is 6.42 Å². The van der Waals surface area contributed by atoms with Gasteiger partial charge in [0, 0.05) is 43.5 Å². The van der Waals surface area contributed by atoms with Crippen LogP contribution in [0.2, 0.25) is 0 Å². The maximum absolute atomic E-state index is 11.5. The third-order valence-corrected chi connectivity index (χ3v) is 7.08. The molecule has 0 saturated carbocycles. The summed E-state index contributed by atoms with van der Waals surface area (Å²) in [6.07, 6.45) is 6.49. The molecule has 8 nitrogen and oxygen atoms in total. The van der Waals surface area contributed by atoms with Crippen molar-refractivity contribution in [1.29, 1.82) is 0 Å². The zero-order valence-electron chi connectivity index (χ0n) is 18.1.